The molecule has 0 unspecified atom stereocenters. The first kappa shape index (κ1) is 20.0. The summed E-state index contributed by atoms with van der Waals surface area (Å²) < 4.78 is 5.43. The van der Waals surface area contributed by atoms with E-state index in [0.717, 1.165) is 11.4 Å². The van der Waals surface area contributed by atoms with Gasteiger partial charge < -0.3 is 20.1 Å². The second-order valence-corrected chi connectivity index (χ2v) is 7.53. The predicted octanol–water partition coefficient (Wildman–Crippen LogP) is 2.55. The van der Waals surface area contributed by atoms with Crippen LogP contribution in [0.5, 0.6) is 0 Å². The highest BCUT2D eigenvalue weighted by Crippen LogP contribution is 2.32. The van der Waals surface area contributed by atoms with Gasteiger partial charge in [0.1, 0.15) is 5.82 Å². The number of aromatic nitrogens is 3. The van der Waals surface area contributed by atoms with Crippen LogP contribution in [-0.2, 0) is 14.9 Å². The third-order valence-electron chi connectivity index (χ3n) is 4.99. The number of aryl methyl sites for hydroxylation is 1. The van der Waals surface area contributed by atoms with Crippen LogP contribution in [0.2, 0.25) is 0 Å². The molecule has 0 radical (unpaired) electrons. The Balaban J connectivity index is 1.94. The standard InChI is InChI=1S/C20H27N5O3/c1-13-6-5-7-16(22-13)14(2)23-19-21-12-15(20(3,4)18(26)27)17(24-19)25-8-10-28-11-9-25/h5-7,12,14H,8-11H2,1-4H3,(H,26,27)(H,21,23,24)/t14-/m1/s1. The lowest BCUT2D eigenvalue weighted by molar-refractivity contribution is -0.142. The van der Waals surface area contributed by atoms with Crippen LogP contribution in [0.4, 0.5) is 11.8 Å². The molecule has 0 amide bonds. The molecule has 28 heavy (non-hydrogen) atoms. The fourth-order valence-electron chi connectivity index (χ4n) is 3.09. The van der Waals surface area contributed by atoms with Gasteiger partial charge in [0.05, 0.1) is 30.4 Å². The van der Waals surface area contributed by atoms with Crippen LogP contribution in [0, 0.1) is 6.92 Å². The lowest BCUT2D eigenvalue weighted by atomic mass is 9.85. The van der Waals surface area contributed by atoms with Gasteiger partial charge >= 0.3 is 5.97 Å². The van der Waals surface area contributed by atoms with Gasteiger partial charge in [0, 0.05) is 30.5 Å². The van der Waals surface area contributed by atoms with Gasteiger partial charge in [-0.25, -0.2) is 4.98 Å². The summed E-state index contributed by atoms with van der Waals surface area (Å²) in [7, 11) is 0. The molecule has 1 aliphatic heterocycles. The molecule has 0 saturated carbocycles. The summed E-state index contributed by atoms with van der Waals surface area (Å²) in [4.78, 5) is 27.5. The van der Waals surface area contributed by atoms with Gasteiger partial charge in [-0.15, -0.1) is 0 Å². The molecule has 1 aliphatic rings. The first-order valence-corrected chi connectivity index (χ1v) is 9.42. The number of carboxylic acids is 1. The lowest BCUT2D eigenvalue weighted by Gasteiger charge is -2.32. The Morgan fingerprint density at radius 3 is 2.64 bits per heavy atom. The minimum Gasteiger partial charge on any atom is -0.481 e. The summed E-state index contributed by atoms with van der Waals surface area (Å²) in [5.74, 6) is 0.170. The van der Waals surface area contributed by atoms with Gasteiger partial charge in [0.15, 0.2) is 0 Å². The van der Waals surface area contributed by atoms with E-state index in [1.807, 2.05) is 32.0 Å². The van der Waals surface area contributed by atoms with Gasteiger partial charge in [0.2, 0.25) is 5.95 Å². The maximum atomic E-state index is 11.8. The maximum Gasteiger partial charge on any atom is 0.313 e. The SMILES string of the molecule is Cc1cccc([C@@H](C)Nc2ncc(C(C)(C)C(=O)O)c(N3CCOCC3)n2)n1. The Labute approximate surface area is 165 Å². The van der Waals surface area contributed by atoms with Crippen molar-refractivity contribution in [3.63, 3.8) is 0 Å². The van der Waals surface area contributed by atoms with E-state index >= 15 is 0 Å². The zero-order valence-electron chi connectivity index (χ0n) is 16.8. The van der Waals surface area contributed by atoms with Gasteiger partial charge in [-0.05, 0) is 39.8 Å². The van der Waals surface area contributed by atoms with Crippen molar-refractivity contribution < 1.29 is 14.6 Å². The van der Waals surface area contributed by atoms with E-state index < -0.39 is 11.4 Å². The fraction of sp³-hybridized carbons (Fsp3) is 0.500. The number of nitrogens with zero attached hydrogens (tertiary/aromatic N) is 4. The summed E-state index contributed by atoms with van der Waals surface area (Å²) in [6, 6.07) is 5.78. The molecular formula is C20H27N5O3. The highest BCUT2D eigenvalue weighted by Gasteiger charge is 2.35. The highest BCUT2D eigenvalue weighted by molar-refractivity contribution is 5.82. The minimum atomic E-state index is -1.10. The molecule has 8 heteroatoms. The molecule has 2 N–H and O–H groups in total. The third-order valence-corrected chi connectivity index (χ3v) is 4.99. The summed E-state index contributed by atoms with van der Waals surface area (Å²) in [6.45, 7) is 9.78. The first-order chi connectivity index (χ1) is 13.3. The minimum absolute atomic E-state index is 0.0872. The molecule has 1 atom stereocenters. The number of morpholine rings is 1. The Morgan fingerprint density at radius 1 is 1.29 bits per heavy atom. The van der Waals surface area contributed by atoms with Crippen LogP contribution in [0.15, 0.2) is 24.4 Å². The number of rotatable bonds is 6. The average Bonchev–Trinajstić information content (AvgIpc) is 2.68. The third kappa shape index (κ3) is 4.22. The van der Waals surface area contributed by atoms with Gasteiger partial charge in [-0.1, -0.05) is 6.07 Å². The van der Waals surface area contributed by atoms with Gasteiger partial charge in [-0.2, -0.15) is 4.98 Å². The molecular weight excluding hydrogens is 358 g/mol. The zero-order valence-corrected chi connectivity index (χ0v) is 16.8. The van der Waals surface area contributed by atoms with Crippen molar-refractivity contribution >= 4 is 17.7 Å². The number of carboxylic acid groups (broad SMARTS) is 1. The monoisotopic (exact) mass is 385 g/mol. The Hall–Kier alpha value is -2.74. The molecule has 1 saturated heterocycles. The molecule has 3 rings (SSSR count). The molecule has 2 aromatic heterocycles. The largest absolute Gasteiger partial charge is 0.481 e. The number of ether oxygens (including phenoxy) is 1. The summed E-state index contributed by atoms with van der Waals surface area (Å²) in [5, 5.41) is 13.0. The van der Waals surface area contributed by atoms with E-state index in [-0.39, 0.29) is 6.04 Å². The van der Waals surface area contributed by atoms with Crippen molar-refractivity contribution in [3.8, 4) is 0 Å². The normalized spacial score (nSPS) is 15.9. The fourth-order valence-corrected chi connectivity index (χ4v) is 3.09. The summed E-state index contributed by atoms with van der Waals surface area (Å²) in [6.07, 6.45) is 1.62. The van der Waals surface area contributed by atoms with E-state index in [1.54, 1.807) is 20.0 Å². The Morgan fingerprint density at radius 2 is 2.00 bits per heavy atom. The maximum absolute atomic E-state index is 11.8. The number of pyridine rings is 1. The van der Waals surface area contributed by atoms with Crippen LogP contribution in [0.3, 0.4) is 0 Å². The van der Waals surface area contributed by atoms with E-state index in [9.17, 15) is 9.90 Å². The van der Waals surface area contributed by atoms with Crippen LogP contribution in [-0.4, -0.2) is 52.3 Å². The van der Waals surface area contributed by atoms with Crippen LogP contribution < -0.4 is 10.2 Å². The van der Waals surface area contributed by atoms with Gasteiger partial charge in [-0.3, -0.25) is 9.78 Å². The van der Waals surface area contributed by atoms with Crippen LogP contribution in [0.25, 0.3) is 0 Å². The quantitative estimate of drug-likeness (QED) is 0.782. The van der Waals surface area contributed by atoms with Crippen molar-refractivity contribution in [3.05, 3.63) is 41.3 Å². The van der Waals surface area contributed by atoms with E-state index in [2.05, 4.69) is 20.2 Å². The van der Waals surface area contributed by atoms with E-state index in [1.165, 1.54) is 0 Å². The summed E-state index contributed by atoms with van der Waals surface area (Å²) >= 11 is 0. The molecule has 150 valence electrons. The van der Waals surface area contributed by atoms with Crippen molar-refractivity contribution in [2.24, 2.45) is 0 Å². The zero-order chi connectivity index (χ0) is 20.3. The molecule has 0 spiro atoms. The number of aliphatic carboxylic acids is 1. The van der Waals surface area contributed by atoms with Crippen LogP contribution in [0.1, 0.15) is 43.8 Å². The highest BCUT2D eigenvalue weighted by atomic mass is 16.5. The van der Waals surface area contributed by atoms with Crippen molar-refractivity contribution in [1.82, 2.24) is 15.0 Å². The average molecular weight is 385 g/mol. The number of carbonyl (C=O) groups is 1. The molecule has 3 heterocycles. The number of anilines is 2. The van der Waals surface area contributed by atoms with Crippen molar-refractivity contribution in [2.45, 2.75) is 39.2 Å². The van der Waals surface area contributed by atoms with E-state index in [0.29, 0.717) is 43.6 Å². The molecule has 0 bridgehead atoms. The molecule has 1 fully saturated rings. The predicted molar refractivity (Wildman–Crippen MR) is 107 cm³/mol. The number of nitrogens with one attached hydrogen (secondary N) is 1. The molecule has 0 aliphatic carbocycles. The second-order valence-electron chi connectivity index (χ2n) is 7.53. The Bertz CT molecular complexity index is 849. The molecule has 8 nitrogen and oxygen atoms in total. The second kappa shape index (κ2) is 8.10. The van der Waals surface area contributed by atoms with Gasteiger partial charge in [0.25, 0.3) is 0 Å². The molecule has 2 aromatic rings. The molecule has 0 aromatic carbocycles. The number of hydrogen-bond acceptors (Lipinski definition) is 7. The van der Waals surface area contributed by atoms with Crippen molar-refractivity contribution in [2.75, 3.05) is 36.5 Å². The van der Waals surface area contributed by atoms with Crippen molar-refractivity contribution in [1.29, 1.82) is 0 Å². The number of hydrogen-bond donors (Lipinski definition) is 2. The van der Waals surface area contributed by atoms with Crippen LogP contribution >= 0.6 is 0 Å². The summed E-state index contributed by atoms with van der Waals surface area (Å²) in [5.41, 5.74) is 1.33. The van der Waals surface area contributed by atoms with E-state index in [4.69, 9.17) is 9.72 Å². The Kier molecular flexibility index (Phi) is 5.79. The first-order valence-electron chi connectivity index (χ1n) is 9.42. The lowest BCUT2D eigenvalue weighted by Crippen LogP contribution is -2.40. The smallest absolute Gasteiger partial charge is 0.313 e. The topological polar surface area (TPSA) is 100 Å².